The van der Waals surface area contributed by atoms with Gasteiger partial charge in [-0.25, -0.2) is 8.42 Å². The van der Waals surface area contributed by atoms with Gasteiger partial charge in [0.1, 0.15) is 12.6 Å². The molecule has 0 saturated heterocycles. The number of nitrogens with zero attached hydrogens (tertiary/aromatic N) is 2. The van der Waals surface area contributed by atoms with Gasteiger partial charge in [-0.1, -0.05) is 93.4 Å². The highest BCUT2D eigenvalue weighted by atomic mass is 35.5. The van der Waals surface area contributed by atoms with Gasteiger partial charge in [0.15, 0.2) is 0 Å². The van der Waals surface area contributed by atoms with Gasteiger partial charge in [0.25, 0.3) is 10.0 Å². The average molecular weight is 598 g/mol. The molecule has 0 spiro atoms. The highest BCUT2D eigenvalue weighted by molar-refractivity contribution is 7.92. The van der Waals surface area contributed by atoms with Crippen LogP contribution in [0.2, 0.25) is 5.02 Å². The molecular weight excluding hydrogens is 558 g/mol. The lowest BCUT2D eigenvalue weighted by atomic mass is 10.1. The molecule has 3 rings (SSSR count). The minimum Gasteiger partial charge on any atom is -0.354 e. The number of halogens is 1. The lowest BCUT2D eigenvalue weighted by Crippen LogP contribution is -2.52. The lowest BCUT2D eigenvalue weighted by Gasteiger charge is -2.34. The first-order chi connectivity index (χ1) is 19.5. The molecule has 7 nitrogen and oxygen atoms in total. The second kappa shape index (κ2) is 14.5. The van der Waals surface area contributed by atoms with E-state index in [1.165, 1.54) is 4.90 Å². The summed E-state index contributed by atoms with van der Waals surface area (Å²) in [6.07, 6.45) is 0.916. The number of benzene rings is 3. The Labute approximate surface area is 249 Å². The molecule has 220 valence electrons. The fourth-order valence-corrected chi connectivity index (χ4v) is 6.20. The molecule has 0 aromatic heterocycles. The normalized spacial score (nSPS) is 12.2. The number of carbonyl (C=O) groups excluding carboxylic acids is 2. The minimum atomic E-state index is -4.13. The largest absolute Gasteiger partial charge is 0.354 e. The Morgan fingerprint density at radius 3 is 2.10 bits per heavy atom. The van der Waals surface area contributed by atoms with E-state index in [-0.39, 0.29) is 23.3 Å². The molecule has 41 heavy (non-hydrogen) atoms. The van der Waals surface area contributed by atoms with Crippen LogP contribution in [0.15, 0.2) is 77.7 Å². The van der Waals surface area contributed by atoms with Crippen molar-refractivity contribution < 1.29 is 18.0 Å². The van der Waals surface area contributed by atoms with E-state index in [9.17, 15) is 18.0 Å². The number of hydrogen-bond donors (Lipinski definition) is 1. The van der Waals surface area contributed by atoms with Crippen LogP contribution in [-0.4, -0.2) is 44.3 Å². The topological polar surface area (TPSA) is 86.8 Å². The van der Waals surface area contributed by atoms with Gasteiger partial charge in [-0.15, -0.1) is 0 Å². The summed E-state index contributed by atoms with van der Waals surface area (Å²) in [5, 5.41) is 3.40. The Bertz CT molecular complexity index is 1440. The number of amides is 2. The number of para-hydroxylation sites is 1. The van der Waals surface area contributed by atoms with Crippen molar-refractivity contribution in [3.05, 3.63) is 94.5 Å². The highest BCUT2D eigenvalue weighted by Gasteiger charge is 2.34. The molecule has 3 aromatic rings. The third kappa shape index (κ3) is 8.11. The van der Waals surface area contributed by atoms with Crippen molar-refractivity contribution in [3.8, 4) is 0 Å². The Balaban J connectivity index is 2.09. The van der Waals surface area contributed by atoms with Crippen molar-refractivity contribution in [2.75, 3.05) is 17.4 Å². The van der Waals surface area contributed by atoms with Gasteiger partial charge in [0.05, 0.1) is 10.6 Å². The van der Waals surface area contributed by atoms with Crippen LogP contribution in [-0.2, 0) is 32.6 Å². The second-order valence-corrected chi connectivity index (χ2v) is 12.8. The molecule has 0 aliphatic rings. The second-order valence-electron chi connectivity index (χ2n) is 10.5. The van der Waals surface area contributed by atoms with E-state index in [0.29, 0.717) is 35.7 Å². The third-order valence-electron chi connectivity index (χ3n) is 6.90. The Morgan fingerprint density at radius 2 is 1.51 bits per heavy atom. The molecule has 0 fully saturated rings. The molecule has 9 heteroatoms. The van der Waals surface area contributed by atoms with Crippen molar-refractivity contribution in [1.29, 1.82) is 0 Å². The Morgan fingerprint density at radius 1 is 0.902 bits per heavy atom. The van der Waals surface area contributed by atoms with Gasteiger partial charge in [0.2, 0.25) is 11.8 Å². The fraction of sp³-hybridized carbons (Fsp3) is 0.375. The molecule has 0 heterocycles. The zero-order valence-corrected chi connectivity index (χ0v) is 26.0. The van der Waals surface area contributed by atoms with Crippen molar-refractivity contribution in [2.45, 2.75) is 64.9 Å². The number of rotatable bonds is 13. The third-order valence-corrected chi connectivity index (χ3v) is 9.04. The van der Waals surface area contributed by atoms with Crippen LogP contribution in [0.1, 0.15) is 50.8 Å². The zero-order valence-electron chi connectivity index (χ0n) is 24.4. The van der Waals surface area contributed by atoms with E-state index >= 15 is 0 Å². The van der Waals surface area contributed by atoms with Crippen LogP contribution < -0.4 is 9.62 Å². The maximum absolute atomic E-state index is 14.2. The Kier molecular flexibility index (Phi) is 11.4. The lowest BCUT2D eigenvalue weighted by molar-refractivity contribution is -0.140. The van der Waals surface area contributed by atoms with Crippen LogP contribution in [0.4, 0.5) is 5.69 Å². The summed E-state index contributed by atoms with van der Waals surface area (Å²) in [7, 11) is -4.13. The molecule has 1 atom stereocenters. The van der Waals surface area contributed by atoms with Gasteiger partial charge in [-0.05, 0) is 61.1 Å². The summed E-state index contributed by atoms with van der Waals surface area (Å²) >= 11 is 6.46. The highest BCUT2D eigenvalue weighted by Crippen LogP contribution is 2.29. The van der Waals surface area contributed by atoms with E-state index in [4.69, 9.17) is 11.6 Å². The predicted octanol–water partition coefficient (Wildman–Crippen LogP) is 5.99. The van der Waals surface area contributed by atoms with Gasteiger partial charge >= 0.3 is 0 Å². The number of nitrogens with one attached hydrogen (secondary N) is 1. The van der Waals surface area contributed by atoms with Gasteiger partial charge in [0, 0.05) is 18.1 Å². The maximum Gasteiger partial charge on any atom is 0.264 e. The molecule has 0 aliphatic carbocycles. The Hall–Kier alpha value is -3.36. The molecule has 1 N–H and O–H groups in total. The first-order valence-corrected chi connectivity index (χ1v) is 15.8. The molecule has 1 unspecified atom stereocenters. The molecule has 2 amide bonds. The minimum absolute atomic E-state index is 0.0555. The first kappa shape index (κ1) is 32.2. The summed E-state index contributed by atoms with van der Waals surface area (Å²) in [4.78, 5) is 29.1. The van der Waals surface area contributed by atoms with Crippen LogP contribution >= 0.6 is 11.6 Å². The fourth-order valence-electron chi connectivity index (χ4n) is 4.56. The maximum atomic E-state index is 14.2. The van der Waals surface area contributed by atoms with Crippen LogP contribution in [0.5, 0.6) is 0 Å². The average Bonchev–Trinajstić information content (AvgIpc) is 2.95. The standard InChI is InChI=1S/C32H40ClN3O4S/c1-6-25-12-9-11-15-30(25)36(41(39,40)27-18-16-24(5)17-19-27)22-31(37)35(21-26-13-8-10-14-28(26)33)29(7-2)32(38)34-20-23(3)4/h8-19,23,29H,6-7,20-22H2,1-5H3,(H,34,38). The van der Waals surface area contributed by atoms with Gasteiger partial charge < -0.3 is 10.2 Å². The first-order valence-electron chi connectivity index (χ1n) is 14.0. The van der Waals surface area contributed by atoms with Gasteiger partial charge in [-0.2, -0.15) is 0 Å². The van der Waals surface area contributed by atoms with Crippen molar-refractivity contribution in [2.24, 2.45) is 5.92 Å². The van der Waals surface area contributed by atoms with E-state index in [1.54, 1.807) is 54.6 Å². The van der Waals surface area contributed by atoms with Crippen molar-refractivity contribution >= 4 is 39.1 Å². The summed E-state index contributed by atoms with van der Waals surface area (Å²) in [6, 6.07) is 20.0. The van der Waals surface area contributed by atoms with Gasteiger partial charge in [-0.3, -0.25) is 13.9 Å². The van der Waals surface area contributed by atoms with Crippen LogP contribution in [0, 0.1) is 12.8 Å². The summed E-state index contributed by atoms with van der Waals surface area (Å²) in [5.41, 5.74) is 2.80. The quantitative estimate of drug-likeness (QED) is 0.262. The number of anilines is 1. The molecule has 0 radical (unpaired) electrons. The molecule has 0 bridgehead atoms. The smallest absolute Gasteiger partial charge is 0.264 e. The number of sulfonamides is 1. The van der Waals surface area contributed by atoms with Crippen molar-refractivity contribution in [3.63, 3.8) is 0 Å². The molecule has 0 saturated carbocycles. The van der Waals surface area contributed by atoms with E-state index in [0.717, 1.165) is 15.4 Å². The van der Waals surface area contributed by atoms with E-state index < -0.39 is 28.5 Å². The van der Waals surface area contributed by atoms with E-state index in [1.807, 2.05) is 52.8 Å². The molecule has 3 aromatic carbocycles. The molecular formula is C32H40ClN3O4S. The summed E-state index contributed by atoms with van der Waals surface area (Å²) in [6.45, 7) is 9.67. The van der Waals surface area contributed by atoms with Crippen molar-refractivity contribution in [1.82, 2.24) is 10.2 Å². The van der Waals surface area contributed by atoms with E-state index in [2.05, 4.69) is 5.32 Å². The SMILES string of the molecule is CCc1ccccc1N(CC(=O)N(Cc1ccccc1Cl)C(CC)C(=O)NCC(C)C)S(=O)(=O)c1ccc(C)cc1. The van der Waals surface area contributed by atoms with Crippen LogP contribution in [0.25, 0.3) is 0 Å². The number of hydrogen-bond acceptors (Lipinski definition) is 4. The zero-order chi connectivity index (χ0) is 30.2. The molecule has 0 aliphatic heterocycles. The summed E-state index contributed by atoms with van der Waals surface area (Å²) < 4.78 is 29.3. The monoisotopic (exact) mass is 597 g/mol. The van der Waals surface area contributed by atoms with Crippen LogP contribution in [0.3, 0.4) is 0 Å². The summed E-state index contributed by atoms with van der Waals surface area (Å²) in [5.74, 6) is -0.563. The number of carbonyl (C=O) groups is 2. The number of aryl methyl sites for hydroxylation is 2. The predicted molar refractivity (Wildman–Crippen MR) is 165 cm³/mol.